The van der Waals surface area contributed by atoms with Crippen molar-refractivity contribution in [1.82, 2.24) is 4.57 Å². The first-order valence-electron chi connectivity index (χ1n) is 20.3. The highest BCUT2D eigenvalue weighted by Crippen LogP contribution is 2.44. The maximum atomic E-state index is 7.32. The van der Waals surface area contributed by atoms with Crippen molar-refractivity contribution in [2.24, 2.45) is 0 Å². The van der Waals surface area contributed by atoms with Gasteiger partial charge in [-0.1, -0.05) is 182 Å². The minimum Gasteiger partial charge on any atom is -0.458 e. The highest BCUT2D eigenvalue weighted by Gasteiger charge is 2.45. The molecule has 0 aliphatic carbocycles. The number of para-hydroxylation sites is 3. The molecule has 12 rings (SSSR count). The van der Waals surface area contributed by atoms with Crippen LogP contribution in [0.3, 0.4) is 0 Å². The van der Waals surface area contributed by atoms with Gasteiger partial charge in [0.1, 0.15) is 11.5 Å². The van der Waals surface area contributed by atoms with E-state index in [9.17, 15) is 0 Å². The summed E-state index contributed by atoms with van der Waals surface area (Å²) in [6, 6.07) is 80.6. The summed E-state index contributed by atoms with van der Waals surface area (Å²) in [5, 5.41) is 7.86. The normalized spacial score (nSPS) is 12.8. The van der Waals surface area contributed by atoms with E-state index < -0.39 is 8.07 Å². The van der Waals surface area contributed by atoms with Gasteiger partial charge in [-0.15, -0.1) is 0 Å². The van der Waals surface area contributed by atoms with E-state index in [4.69, 9.17) is 4.74 Å². The molecular formula is C54H36BNOSSi. The van der Waals surface area contributed by atoms with Crippen molar-refractivity contribution in [3.05, 3.63) is 218 Å². The largest absolute Gasteiger partial charge is 0.458 e. The molecule has 276 valence electrons. The minimum atomic E-state index is -2.85. The van der Waals surface area contributed by atoms with E-state index in [-0.39, 0.29) is 5.99 Å². The van der Waals surface area contributed by atoms with Crippen LogP contribution >= 0.6 is 11.6 Å². The Bertz CT molecular complexity index is 3090. The summed E-state index contributed by atoms with van der Waals surface area (Å²) in [5.41, 5.74) is 10.8. The number of nitrogens with zero attached hydrogens (tertiary/aromatic N) is 1. The number of aromatic nitrogens is 1. The van der Waals surface area contributed by atoms with Crippen molar-refractivity contribution >= 4 is 79.2 Å². The third kappa shape index (κ3) is 5.22. The Labute approximate surface area is 349 Å². The van der Waals surface area contributed by atoms with Crippen LogP contribution in [0, 0.1) is 0 Å². The fourth-order valence-electron chi connectivity index (χ4n) is 9.90. The molecular weight excluding hydrogens is 750 g/mol. The lowest BCUT2D eigenvalue weighted by atomic mass is 9.57. The van der Waals surface area contributed by atoms with Crippen LogP contribution < -0.4 is 36.4 Å². The Hall–Kier alpha value is -6.79. The molecule has 0 saturated heterocycles. The van der Waals surface area contributed by atoms with Crippen LogP contribution in [-0.4, -0.2) is 18.6 Å². The van der Waals surface area contributed by atoms with Crippen molar-refractivity contribution < 1.29 is 4.74 Å². The molecule has 10 aromatic rings. The highest BCUT2D eigenvalue weighted by atomic mass is 32.2. The maximum absolute atomic E-state index is 7.32. The van der Waals surface area contributed by atoms with E-state index in [1.807, 2.05) is 11.6 Å². The second-order valence-electron chi connectivity index (χ2n) is 15.5. The van der Waals surface area contributed by atoms with E-state index in [0.717, 1.165) is 28.3 Å². The second-order valence-corrected chi connectivity index (χ2v) is 20.5. The molecule has 59 heavy (non-hydrogen) atoms. The van der Waals surface area contributed by atoms with Crippen molar-refractivity contribution in [3.63, 3.8) is 0 Å². The van der Waals surface area contributed by atoms with Crippen molar-refractivity contribution in [2.45, 2.75) is 4.90 Å². The molecule has 2 aliphatic heterocycles. The van der Waals surface area contributed by atoms with Crippen molar-refractivity contribution in [3.8, 4) is 39.4 Å². The van der Waals surface area contributed by atoms with Gasteiger partial charge in [-0.2, -0.15) is 11.6 Å². The van der Waals surface area contributed by atoms with Gasteiger partial charge in [0.15, 0.2) is 8.07 Å². The van der Waals surface area contributed by atoms with Gasteiger partial charge in [-0.25, -0.2) is 0 Å². The van der Waals surface area contributed by atoms with Gasteiger partial charge in [0, 0.05) is 21.2 Å². The van der Waals surface area contributed by atoms with Crippen LogP contribution in [0.5, 0.6) is 11.5 Å². The number of rotatable bonds is 6. The molecule has 0 N–H and O–H groups in total. The van der Waals surface area contributed by atoms with Crippen LogP contribution in [0.25, 0.3) is 49.7 Å². The molecule has 2 nitrogen and oxygen atoms in total. The molecule has 3 heterocycles. The average molecular weight is 786 g/mol. The average Bonchev–Trinajstić information content (AvgIpc) is 3.64. The van der Waals surface area contributed by atoms with Crippen LogP contribution in [0.1, 0.15) is 0 Å². The monoisotopic (exact) mass is 785 g/mol. The predicted molar refractivity (Wildman–Crippen MR) is 253 cm³/mol. The molecule has 0 amide bonds. The third-order valence-electron chi connectivity index (χ3n) is 12.4. The van der Waals surface area contributed by atoms with Crippen molar-refractivity contribution in [2.75, 3.05) is 0 Å². The number of hydrogen-bond donors (Lipinski definition) is 0. The van der Waals surface area contributed by atoms with E-state index in [1.165, 1.54) is 69.5 Å². The summed E-state index contributed by atoms with van der Waals surface area (Å²) in [7, 11) is -2.85. The first kappa shape index (κ1) is 34.3. The maximum Gasteiger partial charge on any atom is 0.289 e. The molecule has 0 unspecified atom stereocenters. The molecule has 9 aromatic carbocycles. The molecule has 5 heteroatoms. The fourth-order valence-corrected chi connectivity index (χ4v) is 16.1. The summed E-state index contributed by atoms with van der Waals surface area (Å²) in [6.07, 6.45) is 0. The standard InChI is InChI=1S/C54H36BNOSSi/c1-4-18-38(19-5-1)59(39-20-6-2-7-21-39,40-22-8-3-9-23-40)41-35-46-45-27-13-17-31-53(45)58-55-47-33-32-37(34-51(47)57-52(36-41)54(46)55)42-24-10-14-28-48(42)56-49-29-15-11-25-43(49)44-26-12-16-30-50(44)56/h1-36H. The number of hydrogen-bond acceptors (Lipinski definition) is 2. The van der Waals surface area contributed by atoms with Crippen LogP contribution in [0.15, 0.2) is 223 Å². The van der Waals surface area contributed by atoms with Gasteiger partial charge in [0.05, 0.1) is 16.7 Å². The summed E-state index contributed by atoms with van der Waals surface area (Å²) in [5.74, 6) is 1.96. The Morgan fingerprint density at radius 3 is 1.61 bits per heavy atom. The van der Waals surface area contributed by atoms with Crippen LogP contribution in [-0.2, 0) is 0 Å². The van der Waals surface area contributed by atoms with E-state index in [0.29, 0.717) is 0 Å². The minimum absolute atomic E-state index is 0.0931. The molecule has 1 aromatic heterocycles. The summed E-state index contributed by atoms with van der Waals surface area (Å²) < 4.78 is 9.74. The Morgan fingerprint density at radius 2 is 0.966 bits per heavy atom. The summed E-state index contributed by atoms with van der Waals surface area (Å²) in [4.78, 5) is 1.30. The first-order valence-corrected chi connectivity index (χ1v) is 23.2. The number of ether oxygens (including phenoxy) is 1. The third-order valence-corrected chi connectivity index (χ3v) is 18.5. The van der Waals surface area contributed by atoms with Gasteiger partial charge < -0.3 is 9.30 Å². The van der Waals surface area contributed by atoms with Gasteiger partial charge in [-0.05, 0) is 84.8 Å². The summed E-state index contributed by atoms with van der Waals surface area (Å²) in [6.45, 7) is 0. The molecule has 0 saturated carbocycles. The molecule has 0 bridgehead atoms. The Balaban J connectivity index is 1.08. The van der Waals surface area contributed by atoms with Gasteiger partial charge in [0.25, 0.3) is 5.99 Å². The second kappa shape index (κ2) is 13.7. The SMILES string of the molecule is c1ccc([Si](c2ccccc2)(c2ccccc2)c2cc3c4c(c2)-c2ccccc2SB4c2ccc(-c4ccccc4-n4c5ccccc5c5ccccc54)cc2O3)cc1. The number of benzene rings is 9. The Kier molecular flexibility index (Phi) is 7.94. The number of fused-ring (bicyclic) bond motifs is 7. The van der Waals surface area contributed by atoms with Gasteiger partial charge >= 0.3 is 0 Å². The van der Waals surface area contributed by atoms with Crippen LogP contribution in [0.4, 0.5) is 0 Å². The lowest BCUT2D eigenvalue weighted by Crippen LogP contribution is -2.75. The molecule has 2 aliphatic rings. The molecule has 0 fully saturated rings. The van der Waals surface area contributed by atoms with E-state index in [2.05, 4.69) is 223 Å². The fraction of sp³-hybridized carbons (Fsp3) is 0. The van der Waals surface area contributed by atoms with Crippen LogP contribution in [0.2, 0.25) is 0 Å². The zero-order valence-corrected chi connectivity index (χ0v) is 33.9. The zero-order valence-electron chi connectivity index (χ0n) is 32.1. The lowest BCUT2D eigenvalue weighted by molar-refractivity contribution is 0.488. The quantitative estimate of drug-likeness (QED) is 0.123. The first-order chi connectivity index (χ1) is 29.3. The molecule has 0 radical (unpaired) electrons. The Morgan fingerprint density at radius 1 is 0.424 bits per heavy atom. The van der Waals surface area contributed by atoms with E-state index in [1.54, 1.807) is 0 Å². The smallest absolute Gasteiger partial charge is 0.289 e. The lowest BCUT2D eigenvalue weighted by Gasteiger charge is -2.38. The predicted octanol–water partition coefficient (Wildman–Crippen LogP) is 9.81. The molecule has 0 atom stereocenters. The topological polar surface area (TPSA) is 14.2 Å². The van der Waals surface area contributed by atoms with Gasteiger partial charge in [-0.3, -0.25) is 0 Å². The zero-order chi connectivity index (χ0) is 38.9. The van der Waals surface area contributed by atoms with Crippen molar-refractivity contribution in [1.29, 1.82) is 0 Å². The van der Waals surface area contributed by atoms with Gasteiger partial charge in [0.2, 0.25) is 0 Å². The highest BCUT2D eigenvalue weighted by molar-refractivity contribution is 8.28. The van der Waals surface area contributed by atoms with E-state index >= 15 is 0 Å². The molecule has 0 spiro atoms. The summed E-state index contributed by atoms with van der Waals surface area (Å²) >= 11 is 1.94.